The number of nitrogens with zero attached hydrogens (tertiary/aromatic N) is 1. The fourth-order valence-electron chi connectivity index (χ4n) is 2.69. The molecule has 0 heterocycles. The van der Waals surface area contributed by atoms with Gasteiger partial charge in [0.1, 0.15) is 0 Å². The number of rotatable bonds is 9. The van der Waals surface area contributed by atoms with Crippen LogP contribution in [0.4, 0.5) is 0 Å². The van der Waals surface area contributed by atoms with Crippen LogP contribution >= 0.6 is 0 Å². The van der Waals surface area contributed by atoms with Gasteiger partial charge in [-0.3, -0.25) is 0 Å². The standard InChI is InChI=1S/C21H30N4O2S/c1-4-23-21(24-14-17(2)20-8-6-5-7-9-20)25-15-18-10-12-19(13-11-18)16-28(26,27)22-3/h5-13,17,22H,4,14-16H2,1-3H3,(H2,23,24,25). The van der Waals surface area contributed by atoms with Gasteiger partial charge in [0, 0.05) is 13.1 Å². The summed E-state index contributed by atoms with van der Waals surface area (Å²) in [5.41, 5.74) is 3.07. The van der Waals surface area contributed by atoms with Gasteiger partial charge in [-0.15, -0.1) is 0 Å². The van der Waals surface area contributed by atoms with Crippen molar-refractivity contribution in [2.24, 2.45) is 4.99 Å². The van der Waals surface area contributed by atoms with Crippen LogP contribution in [-0.2, 0) is 22.3 Å². The molecule has 2 aromatic carbocycles. The number of guanidine groups is 1. The van der Waals surface area contributed by atoms with E-state index in [2.05, 4.69) is 51.5 Å². The van der Waals surface area contributed by atoms with Crippen LogP contribution < -0.4 is 15.4 Å². The lowest BCUT2D eigenvalue weighted by Gasteiger charge is -2.16. The van der Waals surface area contributed by atoms with E-state index in [0.717, 1.165) is 30.2 Å². The molecule has 6 nitrogen and oxygen atoms in total. The highest BCUT2D eigenvalue weighted by atomic mass is 32.2. The van der Waals surface area contributed by atoms with E-state index in [0.29, 0.717) is 12.5 Å². The number of nitrogens with one attached hydrogen (secondary N) is 3. The second kappa shape index (κ2) is 10.8. The zero-order chi connectivity index (χ0) is 20.4. The molecule has 0 radical (unpaired) electrons. The molecule has 0 amide bonds. The Balaban J connectivity index is 1.94. The summed E-state index contributed by atoms with van der Waals surface area (Å²) in [6.07, 6.45) is 0. The molecular weight excluding hydrogens is 372 g/mol. The minimum atomic E-state index is -3.25. The molecule has 152 valence electrons. The van der Waals surface area contributed by atoms with Crippen LogP contribution in [0.15, 0.2) is 59.6 Å². The molecule has 0 saturated heterocycles. The Morgan fingerprint density at radius 2 is 1.64 bits per heavy atom. The summed E-state index contributed by atoms with van der Waals surface area (Å²) in [4.78, 5) is 4.63. The number of sulfonamides is 1. The van der Waals surface area contributed by atoms with Crippen LogP contribution in [-0.4, -0.2) is 34.5 Å². The van der Waals surface area contributed by atoms with Gasteiger partial charge in [-0.05, 0) is 36.6 Å². The van der Waals surface area contributed by atoms with Crippen LogP contribution in [0.1, 0.15) is 36.5 Å². The predicted octanol–water partition coefficient (Wildman–Crippen LogP) is 2.59. The molecule has 7 heteroatoms. The number of hydrogen-bond donors (Lipinski definition) is 3. The monoisotopic (exact) mass is 402 g/mol. The average Bonchev–Trinajstić information content (AvgIpc) is 2.71. The van der Waals surface area contributed by atoms with Gasteiger partial charge in [0.05, 0.1) is 12.3 Å². The van der Waals surface area contributed by atoms with Crippen molar-refractivity contribution in [3.05, 3.63) is 71.3 Å². The quantitative estimate of drug-likeness (QED) is 0.445. The second-order valence-electron chi connectivity index (χ2n) is 6.67. The molecule has 0 fully saturated rings. The Labute approximate surface area is 168 Å². The lowest BCUT2D eigenvalue weighted by atomic mass is 10.0. The second-order valence-corrected chi connectivity index (χ2v) is 8.59. The fraction of sp³-hybridized carbons (Fsp3) is 0.381. The molecule has 2 rings (SSSR count). The first-order valence-corrected chi connectivity index (χ1v) is 11.1. The molecule has 1 unspecified atom stereocenters. The Hall–Kier alpha value is -2.38. The molecule has 0 aromatic heterocycles. The van der Waals surface area contributed by atoms with Crippen LogP contribution in [0, 0.1) is 0 Å². The third-order valence-electron chi connectivity index (χ3n) is 4.40. The Kier molecular flexibility index (Phi) is 8.47. The lowest BCUT2D eigenvalue weighted by molar-refractivity contribution is 0.587. The summed E-state index contributed by atoms with van der Waals surface area (Å²) in [6, 6.07) is 17.9. The number of aliphatic imine (C=N–C) groups is 1. The SMILES string of the molecule is CCNC(=NCc1ccc(CS(=O)(=O)NC)cc1)NCC(C)c1ccccc1. The highest BCUT2D eigenvalue weighted by Crippen LogP contribution is 2.13. The fourth-order valence-corrected chi connectivity index (χ4v) is 3.47. The lowest BCUT2D eigenvalue weighted by Crippen LogP contribution is -2.39. The minimum Gasteiger partial charge on any atom is -0.357 e. The molecule has 28 heavy (non-hydrogen) atoms. The van der Waals surface area contributed by atoms with Crippen molar-refractivity contribution >= 4 is 16.0 Å². The Morgan fingerprint density at radius 3 is 2.25 bits per heavy atom. The van der Waals surface area contributed by atoms with E-state index in [1.807, 2.05) is 37.3 Å². The molecule has 0 aliphatic rings. The van der Waals surface area contributed by atoms with Crippen molar-refractivity contribution in [3.8, 4) is 0 Å². The van der Waals surface area contributed by atoms with Crippen molar-refractivity contribution in [3.63, 3.8) is 0 Å². The maximum Gasteiger partial charge on any atom is 0.215 e. The third-order valence-corrected chi connectivity index (χ3v) is 5.73. The third kappa shape index (κ3) is 7.32. The summed E-state index contributed by atoms with van der Waals surface area (Å²) < 4.78 is 25.6. The van der Waals surface area contributed by atoms with Gasteiger partial charge in [-0.25, -0.2) is 18.1 Å². The summed E-state index contributed by atoms with van der Waals surface area (Å²) in [6.45, 7) is 6.32. The summed E-state index contributed by atoms with van der Waals surface area (Å²) in [5.74, 6) is 1.12. The Morgan fingerprint density at radius 1 is 1.00 bits per heavy atom. The largest absolute Gasteiger partial charge is 0.357 e. The van der Waals surface area contributed by atoms with Gasteiger partial charge in [0.2, 0.25) is 10.0 Å². The highest BCUT2D eigenvalue weighted by molar-refractivity contribution is 7.88. The number of benzene rings is 2. The minimum absolute atomic E-state index is 0.0192. The smallest absolute Gasteiger partial charge is 0.215 e. The molecule has 0 aliphatic heterocycles. The van der Waals surface area contributed by atoms with Crippen LogP contribution in [0.5, 0.6) is 0 Å². The normalized spacial score (nSPS) is 13.2. The van der Waals surface area contributed by atoms with E-state index in [-0.39, 0.29) is 5.75 Å². The molecule has 0 spiro atoms. The van der Waals surface area contributed by atoms with Gasteiger partial charge in [-0.1, -0.05) is 61.5 Å². The van der Waals surface area contributed by atoms with Crippen molar-refractivity contribution in [1.29, 1.82) is 0 Å². The van der Waals surface area contributed by atoms with Crippen molar-refractivity contribution in [1.82, 2.24) is 15.4 Å². The maximum atomic E-state index is 11.6. The van der Waals surface area contributed by atoms with Crippen LogP contribution in [0.25, 0.3) is 0 Å². The van der Waals surface area contributed by atoms with Gasteiger partial charge in [-0.2, -0.15) is 0 Å². The molecule has 1 atom stereocenters. The van der Waals surface area contributed by atoms with Gasteiger partial charge < -0.3 is 10.6 Å². The molecule has 3 N–H and O–H groups in total. The van der Waals surface area contributed by atoms with Crippen molar-refractivity contribution in [2.75, 3.05) is 20.1 Å². The topological polar surface area (TPSA) is 82.6 Å². The molecule has 0 bridgehead atoms. The molecule has 2 aromatic rings. The predicted molar refractivity (Wildman–Crippen MR) is 116 cm³/mol. The number of hydrogen-bond acceptors (Lipinski definition) is 3. The summed E-state index contributed by atoms with van der Waals surface area (Å²) in [7, 11) is -1.83. The van der Waals surface area contributed by atoms with E-state index >= 15 is 0 Å². The van der Waals surface area contributed by atoms with E-state index in [1.165, 1.54) is 12.6 Å². The first-order chi connectivity index (χ1) is 13.4. The molecule has 0 saturated carbocycles. The maximum absolute atomic E-state index is 11.6. The molecule has 0 aliphatic carbocycles. The van der Waals surface area contributed by atoms with E-state index in [9.17, 15) is 8.42 Å². The van der Waals surface area contributed by atoms with Crippen LogP contribution in [0.3, 0.4) is 0 Å². The molecular formula is C21H30N4O2S. The first kappa shape index (κ1) is 21.9. The summed E-state index contributed by atoms with van der Waals surface area (Å²) in [5, 5.41) is 6.65. The van der Waals surface area contributed by atoms with Gasteiger partial charge in [0.15, 0.2) is 5.96 Å². The zero-order valence-corrected chi connectivity index (χ0v) is 17.6. The van der Waals surface area contributed by atoms with Crippen LogP contribution in [0.2, 0.25) is 0 Å². The van der Waals surface area contributed by atoms with Crippen molar-refractivity contribution < 1.29 is 8.42 Å². The summed E-state index contributed by atoms with van der Waals surface area (Å²) >= 11 is 0. The van der Waals surface area contributed by atoms with E-state index in [1.54, 1.807) is 0 Å². The van der Waals surface area contributed by atoms with E-state index in [4.69, 9.17) is 0 Å². The zero-order valence-electron chi connectivity index (χ0n) is 16.8. The average molecular weight is 403 g/mol. The Bertz CT molecular complexity index is 850. The van der Waals surface area contributed by atoms with E-state index < -0.39 is 10.0 Å². The van der Waals surface area contributed by atoms with Gasteiger partial charge >= 0.3 is 0 Å². The highest BCUT2D eigenvalue weighted by Gasteiger charge is 2.08. The van der Waals surface area contributed by atoms with Gasteiger partial charge in [0.25, 0.3) is 0 Å². The van der Waals surface area contributed by atoms with Crippen molar-refractivity contribution in [2.45, 2.75) is 32.1 Å². The first-order valence-electron chi connectivity index (χ1n) is 9.49.